The van der Waals surface area contributed by atoms with E-state index >= 15 is 0 Å². The molecule has 0 spiro atoms. The standard InChI is InChI=1S/C14H15BrClN3/c1-9(2)12-13(16)18-8-19-14(12)17-7-10-5-3-4-6-11(10)15/h3-6,8-9H,7H2,1-2H3,(H,17,18,19). The first-order valence-electron chi connectivity index (χ1n) is 6.07. The first-order chi connectivity index (χ1) is 9.09. The third-order valence-corrected chi connectivity index (χ3v) is 3.89. The normalized spacial score (nSPS) is 10.8. The third-order valence-electron chi connectivity index (χ3n) is 2.82. The van der Waals surface area contributed by atoms with Crippen LogP contribution in [-0.2, 0) is 6.54 Å². The molecule has 1 aromatic carbocycles. The number of rotatable bonds is 4. The molecule has 100 valence electrons. The van der Waals surface area contributed by atoms with E-state index < -0.39 is 0 Å². The number of aromatic nitrogens is 2. The Balaban J connectivity index is 2.21. The second-order valence-electron chi connectivity index (χ2n) is 4.53. The van der Waals surface area contributed by atoms with Gasteiger partial charge in [-0.25, -0.2) is 9.97 Å². The SMILES string of the molecule is CC(C)c1c(Cl)ncnc1NCc1ccccc1Br. The number of hydrogen-bond acceptors (Lipinski definition) is 3. The van der Waals surface area contributed by atoms with E-state index in [0.29, 0.717) is 11.7 Å². The van der Waals surface area contributed by atoms with Gasteiger partial charge in [-0.3, -0.25) is 0 Å². The molecule has 1 heterocycles. The summed E-state index contributed by atoms with van der Waals surface area (Å²) in [6.45, 7) is 4.84. The molecule has 0 aliphatic carbocycles. The molecule has 0 fully saturated rings. The van der Waals surface area contributed by atoms with Gasteiger partial charge < -0.3 is 5.32 Å². The van der Waals surface area contributed by atoms with Crippen LogP contribution in [0, 0.1) is 0 Å². The Morgan fingerprint density at radius 2 is 2.00 bits per heavy atom. The summed E-state index contributed by atoms with van der Waals surface area (Å²) in [4.78, 5) is 8.32. The van der Waals surface area contributed by atoms with E-state index in [4.69, 9.17) is 11.6 Å². The Labute approximate surface area is 126 Å². The van der Waals surface area contributed by atoms with Crippen LogP contribution in [0.25, 0.3) is 0 Å². The summed E-state index contributed by atoms with van der Waals surface area (Å²) in [6, 6.07) is 8.09. The first-order valence-corrected chi connectivity index (χ1v) is 7.24. The predicted octanol–water partition coefficient (Wildman–Crippen LogP) is 4.63. The van der Waals surface area contributed by atoms with E-state index in [0.717, 1.165) is 15.9 Å². The highest BCUT2D eigenvalue weighted by atomic mass is 79.9. The van der Waals surface area contributed by atoms with Crippen LogP contribution in [0.4, 0.5) is 5.82 Å². The lowest BCUT2D eigenvalue weighted by atomic mass is 10.1. The molecule has 1 N–H and O–H groups in total. The fourth-order valence-electron chi connectivity index (χ4n) is 1.85. The van der Waals surface area contributed by atoms with Gasteiger partial charge in [-0.2, -0.15) is 0 Å². The zero-order valence-electron chi connectivity index (χ0n) is 10.8. The Hall–Kier alpha value is -1.13. The van der Waals surface area contributed by atoms with E-state index in [-0.39, 0.29) is 5.92 Å². The predicted molar refractivity (Wildman–Crippen MR) is 82.6 cm³/mol. The second-order valence-corrected chi connectivity index (χ2v) is 5.74. The van der Waals surface area contributed by atoms with E-state index in [1.165, 1.54) is 11.9 Å². The first kappa shape index (κ1) is 14.3. The summed E-state index contributed by atoms with van der Waals surface area (Å²) in [5.41, 5.74) is 2.13. The fourth-order valence-corrected chi connectivity index (χ4v) is 2.62. The van der Waals surface area contributed by atoms with Gasteiger partial charge in [0.1, 0.15) is 17.3 Å². The molecule has 3 nitrogen and oxygen atoms in total. The van der Waals surface area contributed by atoms with E-state index in [1.54, 1.807) is 0 Å². The van der Waals surface area contributed by atoms with Crippen LogP contribution in [0.1, 0.15) is 30.9 Å². The molecule has 2 aromatic rings. The number of hydrogen-bond donors (Lipinski definition) is 1. The van der Waals surface area contributed by atoms with Gasteiger partial charge in [0, 0.05) is 16.6 Å². The van der Waals surface area contributed by atoms with Crippen LogP contribution in [0.15, 0.2) is 35.1 Å². The molecule has 0 saturated heterocycles. The van der Waals surface area contributed by atoms with Crippen molar-refractivity contribution in [3.63, 3.8) is 0 Å². The van der Waals surface area contributed by atoms with Crippen molar-refractivity contribution in [2.45, 2.75) is 26.3 Å². The number of nitrogens with zero attached hydrogens (tertiary/aromatic N) is 2. The van der Waals surface area contributed by atoms with Gasteiger partial charge in [0.15, 0.2) is 0 Å². The van der Waals surface area contributed by atoms with Gasteiger partial charge in [0.25, 0.3) is 0 Å². The van der Waals surface area contributed by atoms with E-state index in [1.807, 2.05) is 18.2 Å². The molecule has 0 aliphatic heterocycles. The van der Waals surface area contributed by atoms with Gasteiger partial charge in [0.05, 0.1) is 0 Å². The molecule has 0 aliphatic rings. The maximum Gasteiger partial charge on any atom is 0.138 e. The van der Waals surface area contributed by atoms with Crippen LogP contribution in [0.5, 0.6) is 0 Å². The maximum atomic E-state index is 6.14. The summed E-state index contributed by atoms with van der Waals surface area (Å²) in [7, 11) is 0. The van der Waals surface area contributed by atoms with Gasteiger partial charge in [-0.1, -0.05) is 59.6 Å². The number of anilines is 1. The van der Waals surface area contributed by atoms with Crippen LogP contribution in [-0.4, -0.2) is 9.97 Å². The third kappa shape index (κ3) is 3.45. The Bertz CT molecular complexity index is 572. The van der Waals surface area contributed by atoms with Crippen molar-refractivity contribution in [1.29, 1.82) is 0 Å². The molecule has 0 saturated carbocycles. The van der Waals surface area contributed by atoms with Crippen LogP contribution >= 0.6 is 27.5 Å². The molecule has 0 radical (unpaired) electrons. The zero-order chi connectivity index (χ0) is 13.8. The van der Waals surface area contributed by atoms with Crippen molar-refractivity contribution in [3.05, 3.63) is 51.3 Å². The molecule has 2 rings (SSSR count). The largest absolute Gasteiger partial charge is 0.366 e. The van der Waals surface area contributed by atoms with Crippen molar-refractivity contribution >= 4 is 33.3 Å². The van der Waals surface area contributed by atoms with Crippen molar-refractivity contribution in [2.75, 3.05) is 5.32 Å². The summed E-state index contributed by atoms with van der Waals surface area (Å²) < 4.78 is 1.08. The topological polar surface area (TPSA) is 37.8 Å². The highest BCUT2D eigenvalue weighted by Gasteiger charge is 2.13. The number of benzene rings is 1. The van der Waals surface area contributed by atoms with Gasteiger partial charge in [0.2, 0.25) is 0 Å². The molecule has 0 bridgehead atoms. The minimum absolute atomic E-state index is 0.274. The Morgan fingerprint density at radius 3 is 2.68 bits per heavy atom. The molecule has 0 atom stereocenters. The zero-order valence-corrected chi connectivity index (χ0v) is 13.2. The quantitative estimate of drug-likeness (QED) is 0.825. The monoisotopic (exact) mass is 339 g/mol. The summed E-state index contributed by atoms with van der Waals surface area (Å²) in [5.74, 6) is 1.07. The van der Waals surface area contributed by atoms with Crippen molar-refractivity contribution in [3.8, 4) is 0 Å². The van der Waals surface area contributed by atoms with E-state index in [2.05, 4.69) is 51.1 Å². The molecule has 19 heavy (non-hydrogen) atoms. The van der Waals surface area contributed by atoms with Gasteiger partial charge >= 0.3 is 0 Å². The minimum atomic E-state index is 0.274. The number of halogens is 2. The average Bonchev–Trinajstić information content (AvgIpc) is 2.37. The smallest absolute Gasteiger partial charge is 0.138 e. The molecule has 0 unspecified atom stereocenters. The summed E-state index contributed by atoms with van der Waals surface area (Å²) in [5, 5.41) is 3.84. The summed E-state index contributed by atoms with van der Waals surface area (Å²) in [6.07, 6.45) is 1.48. The van der Waals surface area contributed by atoms with Crippen LogP contribution < -0.4 is 5.32 Å². The Kier molecular flexibility index (Phi) is 4.77. The van der Waals surface area contributed by atoms with Crippen molar-refractivity contribution in [1.82, 2.24) is 9.97 Å². The van der Waals surface area contributed by atoms with Crippen LogP contribution in [0.2, 0.25) is 5.15 Å². The molecule has 5 heteroatoms. The van der Waals surface area contributed by atoms with Crippen LogP contribution in [0.3, 0.4) is 0 Å². The lowest BCUT2D eigenvalue weighted by molar-refractivity contribution is 0.844. The highest BCUT2D eigenvalue weighted by Crippen LogP contribution is 2.28. The maximum absolute atomic E-state index is 6.14. The second kappa shape index (κ2) is 6.35. The van der Waals surface area contributed by atoms with Gasteiger partial charge in [-0.15, -0.1) is 0 Å². The Morgan fingerprint density at radius 1 is 1.26 bits per heavy atom. The van der Waals surface area contributed by atoms with E-state index in [9.17, 15) is 0 Å². The molecule has 1 aromatic heterocycles. The minimum Gasteiger partial charge on any atom is -0.366 e. The fraction of sp³-hybridized carbons (Fsp3) is 0.286. The van der Waals surface area contributed by atoms with Crippen molar-refractivity contribution < 1.29 is 0 Å². The van der Waals surface area contributed by atoms with Crippen molar-refractivity contribution in [2.24, 2.45) is 0 Å². The molecular formula is C14H15BrClN3. The lowest BCUT2D eigenvalue weighted by Crippen LogP contribution is -2.07. The summed E-state index contributed by atoms with van der Waals surface area (Å²) >= 11 is 9.67. The lowest BCUT2D eigenvalue weighted by Gasteiger charge is -2.14. The van der Waals surface area contributed by atoms with Gasteiger partial charge in [-0.05, 0) is 17.5 Å². The highest BCUT2D eigenvalue weighted by molar-refractivity contribution is 9.10. The number of nitrogens with one attached hydrogen (secondary N) is 1. The molecule has 0 amide bonds. The average molecular weight is 341 g/mol. The molecular weight excluding hydrogens is 326 g/mol.